The monoisotopic (exact) mass is 329 g/mol. The van der Waals surface area contributed by atoms with Crippen molar-refractivity contribution in [1.29, 1.82) is 5.26 Å². The number of hydrogen-bond acceptors (Lipinski definition) is 2. The Morgan fingerprint density at radius 3 is 2.80 bits per heavy atom. The number of anilines is 1. The number of aryl methyl sites for hydroxylation is 1. The molecule has 2 aromatic carbocycles. The Bertz CT molecular complexity index is 982. The highest BCUT2D eigenvalue weighted by Crippen LogP contribution is 2.33. The van der Waals surface area contributed by atoms with Crippen molar-refractivity contribution in [2.45, 2.75) is 19.3 Å². The lowest BCUT2D eigenvalue weighted by Crippen LogP contribution is -2.35. The Morgan fingerprint density at radius 2 is 2.04 bits per heavy atom. The minimum absolute atomic E-state index is 0.0255. The van der Waals surface area contributed by atoms with E-state index in [9.17, 15) is 4.79 Å². The molecule has 1 aliphatic rings. The van der Waals surface area contributed by atoms with E-state index in [0.29, 0.717) is 5.56 Å². The highest BCUT2D eigenvalue weighted by atomic mass is 16.2. The van der Waals surface area contributed by atoms with Gasteiger partial charge in [-0.2, -0.15) is 5.26 Å². The third-order valence-corrected chi connectivity index (χ3v) is 5.14. The topological polar surface area (TPSA) is 59.9 Å². The largest absolute Gasteiger partial charge is 0.358 e. The molecule has 0 radical (unpaired) electrons. The van der Waals surface area contributed by atoms with E-state index in [0.717, 1.165) is 35.9 Å². The van der Waals surface area contributed by atoms with Gasteiger partial charge in [-0.1, -0.05) is 18.2 Å². The number of carbonyl (C=O) groups excluding carboxylic acids is 1. The SMILES string of the molecule is CN(C(=O)C1CCc2[nH]c3ccc(C#N)cc3c2C1)c1ccccc1. The maximum Gasteiger partial charge on any atom is 0.230 e. The summed E-state index contributed by atoms with van der Waals surface area (Å²) in [6, 6.07) is 17.7. The first kappa shape index (κ1) is 15.5. The van der Waals surface area contributed by atoms with E-state index in [1.807, 2.05) is 55.6 Å². The summed E-state index contributed by atoms with van der Waals surface area (Å²) in [5, 5.41) is 10.2. The number of carbonyl (C=O) groups is 1. The number of rotatable bonds is 2. The second-order valence-electron chi connectivity index (χ2n) is 6.63. The number of fused-ring (bicyclic) bond motifs is 3. The molecule has 124 valence electrons. The Kier molecular flexibility index (Phi) is 3.77. The molecule has 3 aromatic rings. The van der Waals surface area contributed by atoms with Crippen LogP contribution in [0, 0.1) is 17.2 Å². The first-order chi connectivity index (χ1) is 12.2. The molecule has 1 N–H and O–H groups in total. The minimum atomic E-state index is -0.0255. The van der Waals surface area contributed by atoms with Gasteiger partial charge >= 0.3 is 0 Å². The molecule has 0 aliphatic heterocycles. The van der Waals surface area contributed by atoms with Crippen molar-refractivity contribution in [1.82, 2.24) is 4.98 Å². The van der Waals surface area contributed by atoms with Crippen LogP contribution in [-0.2, 0) is 17.6 Å². The van der Waals surface area contributed by atoms with Crippen LogP contribution in [-0.4, -0.2) is 17.9 Å². The molecule has 1 heterocycles. The van der Waals surface area contributed by atoms with E-state index >= 15 is 0 Å². The second-order valence-corrected chi connectivity index (χ2v) is 6.63. The van der Waals surface area contributed by atoms with Crippen molar-refractivity contribution in [3.05, 3.63) is 65.4 Å². The molecular weight excluding hydrogens is 310 g/mol. The molecule has 0 bridgehead atoms. The summed E-state index contributed by atoms with van der Waals surface area (Å²) < 4.78 is 0. The lowest BCUT2D eigenvalue weighted by Gasteiger charge is -2.27. The fourth-order valence-corrected chi connectivity index (χ4v) is 3.75. The molecule has 0 saturated heterocycles. The first-order valence-corrected chi connectivity index (χ1v) is 8.53. The lowest BCUT2D eigenvalue weighted by molar-refractivity contribution is -0.122. The van der Waals surface area contributed by atoms with Crippen molar-refractivity contribution < 1.29 is 4.79 Å². The van der Waals surface area contributed by atoms with Crippen molar-refractivity contribution >= 4 is 22.5 Å². The van der Waals surface area contributed by atoms with Crippen LogP contribution >= 0.6 is 0 Å². The highest BCUT2D eigenvalue weighted by Gasteiger charge is 2.29. The van der Waals surface area contributed by atoms with Gasteiger partial charge in [0.1, 0.15) is 0 Å². The number of nitriles is 1. The first-order valence-electron chi connectivity index (χ1n) is 8.53. The summed E-state index contributed by atoms with van der Waals surface area (Å²) in [4.78, 5) is 18.2. The molecule has 4 nitrogen and oxygen atoms in total. The van der Waals surface area contributed by atoms with E-state index in [1.165, 1.54) is 11.3 Å². The highest BCUT2D eigenvalue weighted by molar-refractivity contribution is 5.95. The van der Waals surface area contributed by atoms with Crippen LogP contribution in [0.15, 0.2) is 48.5 Å². The van der Waals surface area contributed by atoms with Crippen LogP contribution in [0.3, 0.4) is 0 Å². The van der Waals surface area contributed by atoms with Crippen LogP contribution in [0.4, 0.5) is 5.69 Å². The van der Waals surface area contributed by atoms with Gasteiger partial charge in [0.2, 0.25) is 5.91 Å². The molecule has 1 atom stereocenters. The normalized spacial score (nSPS) is 16.2. The third kappa shape index (κ3) is 2.68. The number of nitrogens with one attached hydrogen (secondary N) is 1. The molecule has 4 rings (SSSR count). The standard InChI is InChI=1S/C21H19N3O/c1-24(16-5-3-2-4-6-16)21(25)15-8-10-20-18(12-15)17-11-14(13-22)7-9-19(17)23-20/h2-7,9,11,15,23H,8,10,12H2,1H3. The molecule has 1 aliphatic carbocycles. The lowest BCUT2D eigenvalue weighted by atomic mass is 9.85. The smallest absolute Gasteiger partial charge is 0.230 e. The summed E-state index contributed by atoms with van der Waals surface area (Å²) in [6.45, 7) is 0. The average Bonchev–Trinajstić information content (AvgIpc) is 3.04. The summed E-state index contributed by atoms with van der Waals surface area (Å²) >= 11 is 0. The second kappa shape index (κ2) is 6.10. The number of para-hydroxylation sites is 1. The Balaban J connectivity index is 1.64. The Labute approximate surface area is 146 Å². The van der Waals surface area contributed by atoms with Crippen LogP contribution < -0.4 is 4.90 Å². The maximum absolute atomic E-state index is 13.0. The van der Waals surface area contributed by atoms with E-state index in [1.54, 1.807) is 4.90 Å². The fraction of sp³-hybridized carbons (Fsp3) is 0.238. The zero-order valence-electron chi connectivity index (χ0n) is 14.1. The molecule has 1 unspecified atom stereocenters. The molecule has 1 aromatic heterocycles. The average molecular weight is 329 g/mol. The van der Waals surface area contributed by atoms with Crippen molar-refractivity contribution in [2.24, 2.45) is 5.92 Å². The number of aromatic nitrogens is 1. The zero-order valence-corrected chi connectivity index (χ0v) is 14.1. The van der Waals surface area contributed by atoms with Gasteiger partial charge in [-0.25, -0.2) is 0 Å². The number of nitrogens with zero attached hydrogens (tertiary/aromatic N) is 2. The number of amides is 1. The van der Waals surface area contributed by atoms with Gasteiger partial charge in [-0.15, -0.1) is 0 Å². The van der Waals surface area contributed by atoms with E-state index in [4.69, 9.17) is 5.26 Å². The molecule has 0 spiro atoms. The van der Waals surface area contributed by atoms with Gasteiger partial charge in [0.25, 0.3) is 0 Å². The quantitative estimate of drug-likeness (QED) is 0.777. The molecular formula is C21H19N3O. The predicted octanol–water partition coefficient (Wildman–Crippen LogP) is 3.81. The number of hydrogen-bond donors (Lipinski definition) is 1. The minimum Gasteiger partial charge on any atom is -0.358 e. The Morgan fingerprint density at radius 1 is 1.24 bits per heavy atom. The van der Waals surface area contributed by atoms with Gasteiger partial charge in [-0.05, 0) is 55.2 Å². The molecule has 25 heavy (non-hydrogen) atoms. The maximum atomic E-state index is 13.0. The van der Waals surface area contributed by atoms with E-state index in [-0.39, 0.29) is 11.8 Å². The van der Waals surface area contributed by atoms with Crippen LogP contribution in [0.2, 0.25) is 0 Å². The van der Waals surface area contributed by atoms with E-state index in [2.05, 4.69) is 11.1 Å². The summed E-state index contributed by atoms with van der Waals surface area (Å²) in [5.74, 6) is 0.130. The number of benzene rings is 2. The summed E-state index contributed by atoms with van der Waals surface area (Å²) in [6.07, 6.45) is 2.44. The van der Waals surface area contributed by atoms with Crippen LogP contribution in [0.5, 0.6) is 0 Å². The zero-order chi connectivity index (χ0) is 17.4. The fourth-order valence-electron chi connectivity index (χ4n) is 3.75. The van der Waals surface area contributed by atoms with Crippen LogP contribution in [0.25, 0.3) is 10.9 Å². The van der Waals surface area contributed by atoms with Gasteiger partial charge < -0.3 is 9.88 Å². The third-order valence-electron chi connectivity index (χ3n) is 5.14. The molecule has 1 amide bonds. The van der Waals surface area contributed by atoms with Crippen molar-refractivity contribution in [3.8, 4) is 6.07 Å². The molecule has 4 heteroatoms. The van der Waals surface area contributed by atoms with Gasteiger partial charge in [0.05, 0.1) is 11.6 Å². The van der Waals surface area contributed by atoms with Gasteiger partial charge in [0, 0.05) is 35.2 Å². The van der Waals surface area contributed by atoms with Crippen molar-refractivity contribution in [2.75, 3.05) is 11.9 Å². The van der Waals surface area contributed by atoms with Crippen LogP contribution in [0.1, 0.15) is 23.2 Å². The van der Waals surface area contributed by atoms with E-state index < -0.39 is 0 Å². The van der Waals surface area contributed by atoms with Gasteiger partial charge in [0.15, 0.2) is 0 Å². The molecule has 0 saturated carbocycles. The Hall–Kier alpha value is -3.06. The number of H-pyrrole nitrogens is 1. The predicted molar refractivity (Wildman–Crippen MR) is 98.4 cm³/mol. The van der Waals surface area contributed by atoms with Gasteiger partial charge in [-0.3, -0.25) is 4.79 Å². The number of aromatic amines is 1. The van der Waals surface area contributed by atoms with Crippen molar-refractivity contribution in [3.63, 3.8) is 0 Å². The summed E-state index contributed by atoms with van der Waals surface area (Å²) in [7, 11) is 1.84. The molecule has 0 fully saturated rings. The summed E-state index contributed by atoms with van der Waals surface area (Å²) in [5.41, 5.74) is 5.02.